The number of carbonyl (C=O) groups excluding carboxylic acids is 1. The number of amides is 1. The van der Waals surface area contributed by atoms with Crippen LogP contribution in [0, 0.1) is 0 Å². The van der Waals surface area contributed by atoms with Gasteiger partial charge in [-0.1, -0.05) is 30.3 Å². The number of hydrogen-bond donors (Lipinski definition) is 1. The van der Waals surface area contributed by atoms with Gasteiger partial charge in [-0.15, -0.1) is 0 Å². The highest BCUT2D eigenvalue weighted by atomic mass is 16.1. The molecule has 1 N–H and O–H groups in total. The molecule has 1 aromatic heterocycles. The van der Waals surface area contributed by atoms with E-state index < -0.39 is 0 Å². The van der Waals surface area contributed by atoms with Gasteiger partial charge in [0, 0.05) is 19.3 Å². The topological polar surface area (TPSA) is 46.9 Å². The lowest BCUT2D eigenvalue weighted by Gasteiger charge is -2.07. The zero-order valence-corrected chi connectivity index (χ0v) is 9.05. The summed E-state index contributed by atoms with van der Waals surface area (Å²) >= 11 is 0. The lowest BCUT2D eigenvalue weighted by atomic mass is 10.2. The van der Waals surface area contributed by atoms with Crippen molar-refractivity contribution in [2.75, 3.05) is 5.32 Å². The third kappa shape index (κ3) is 2.48. The van der Waals surface area contributed by atoms with Gasteiger partial charge in [-0.2, -0.15) is 0 Å². The minimum Gasteiger partial charge on any atom is -0.313 e. The average molecular weight is 215 g/mol. The molecule has 0 aliphatic carbocycles. The van der Waals surface area contributed by atoms with Crippen LogP contribution in [0.15, 0.2) is 42.7 Å². The molecule has 0 radical (unpaired) electrons. The summed E-state index contributed by atoms with van der Waals surface area (Å²) in [6, 6.07) is 10.0. The van der Waals surface area contributed by atoms with Crippen LogP contribution in [0.3, 0.4) is 0 Å². The van der Waals surface area contributed by atoms with Crippen molar-refractivity contribution in [3.63, 3.8) is 0 Å². The second kappa shape index (κ2) is 4.61. The van der Waals surface area contributed by atoms with E-state index in [4.69, 9.17) is 0 Å². The Labute approximate surface area is 93.9 Å². The number of aromatic nitrogens is 2. The van der Waals surface area contributed by atoms with Crippen LogP contribution in [-0.2, 0) is 11.3 Å². The van der Waals surface area contributed by atoms with Crippen LogP contribution in [0.2, 0.25) is 0 Å². The molecule has 4 nitrogen and oxygen atoms in total. The van der Waals surface area contributed by atoms with Crippen LogP contribution in [0.4, 0.5) is 5.95 Å². The molecule has 82 valence electrons. The Kier molecular flexibility index (Phi) is 3.00. The van der Waals surface area contributed by atoms with Gasteiger partial charge in [0.2, 0.25) is 11.9 Å². The van der Waals surface area contributed by atoms with E-state index in [1.165, 1.54) is 12.5 Å². The van der Waals surface area contributed by atoms with Crippen molar-refractivity contribution >= 4 is 11.9 Å². The van der Waals surface area contributed by atoms with Crippen LogP contribution in [-0.4, -0.2) is 15.5 Å². The highest BCUT2D eigenvalue weighted by Gasteiger charge is 2.04. The molecule has 1 amide bonds. The molecule has 0 bridgehead atoms. The molecule has 0 spiro atoms. The second-order valence-electron chi connectivity index (χ2n) is 3.55. The van der Waals surface area contributed by atoms with Gasteiger partial charge >= 0.3 is 0 Å². The summed E-state index contributed by atoms with van der Waals surface area (Å²) in [5.41, 5.74) is 1.17. The van der Waals surface area contributed by atoms with Crippen LogP contribution in [0.5, 0.6) is 0 Å². The Morgan fingerprint density at radius 3 is 2.81 bits per heavy atom. The monoisotopic (exact) mass is 215 g/mol. The second-order valence-corrected chi connectivity index (χ2v) is 3.55. The molecule has 1 aromatic carbocycles. The lowest BCUT2D eigenvalue weighted by Crippen LogP contribution is -2.12. The maximum atomic E-state index is 11.0. The number of rotatable bonds is 3. The number of imidazole rings is 1. The maximum Gasteiger partial charge on any atom is 0.223 e. The Bertz CT molecular complexity index is 476. The first-order valence-corrected chi connectivity index (χ1v) is 5.08. The molecule has 0 aliphatic heterocycles. The Morgan fingerprint density at radius 1 is 1.38 bits per heavy atom. The van der Waals surface area contributed by atoms with Gasteiger partial charge in [0.25, 0.3) is 0 Å². The number of hydrogen-bond acceptors (Lipinski definition) is 2. The first-order valence-electron chi connectivity index (χ1n) is 5.08. The van der Waals surface area contributed by atoms with E-state index in [-0.39, 0.29) is 5.91 Å². The van der Waals surface area contributed by atoms with E-state index in [0.29, 0.717) is 12.5 Å². The van der Waals surface area contributed by atoms with Crippen molar-refractivity contribution in [3.8, 4) is 0 Å². The molecule has 2 rings (SSSR count). The summed E-state index contributed by atoms with van der Waals surface area (Å²) in [4.78, 5) is 15.0. The zero-order chi connectivity index (χ0) is 11.4. The SMILES string of the molecule is CC(=O)Nc1nccn1Cc1ccccc1. The standard InChI is InChI=1S/C12H13N3O/c1-10(16)14-12-13-7-8-15(12)9-11-5-3-2-4-6-11/h2-8H,9H2,1H3,(H,13,14,16). The third-order valence-electron chi connectivity index (χ3n) is 2.20. The maximum absolute atomic E-state index is 11.0. The zero-order valence-electron chi connectivity index (χ0n) is 9.05. The highest BCUT2D eigenvalue weighted by molar-refractivity contribution is 5.86. The van der Waals surface area contributed by atoms with Crippen LogP contribution in [0.25, 0.3) is 0 Å². The molecule has 16 heavy (non-hydrogen) atoms. The van der Waals surface area contributed by atoms with Crippen molar-refractivity contribution in [1.82, 2.24) is 9.55 Å². The van der Waals surface area contributed by atoms with Crippen molar-refractivity contribution in [3.05, 3.63) is 48.3 Å². The number of nitrogens with zero attached hydrogens (tertiary/aromatic N) is 2. The van der Waals surface area contributed by atoms with Crippen molar-refractivity contribution < 1.29 is 4.79 Å². The van der Waals surface area contributed by atoms with Crippen molar-refractivity contribution in [1.29, 1.82) is 0 Å². The fraction of sp³-hybridized carbons (Fsp3) is 0.167. The first kappa shape index (κ1) is 10.4. The molecular weight excluding hydrogens is 202 g/mol. The highest BCUT2D eigenvalue weighted by Crippen LogP contribution is 2.08. The van der Waals surface area contributed by atoms with Gasteiger partial charge in [0.05, 0.1) is 6.54 Å². The normalized spacial score (nSPS) is 10.1. The predicted molar refractivity (Wildman–Crippen MR) is 62.1 cm³/mol. The van der Waals surface area contributed by atoms with E-state index in [9.17, 15) is 4.79 Å². The molecule has 0 saturated heterocycles. The third-order valence-corrected chi connectivity index (χ3v) is 2.20. The number of benzene rings is 1. The molecule has 1 heterocycles. The van der Waals surface area contributed by atoms with E-state index in [1.807, 2.05) is 41.1 Å². The van der Waals surface area contributed by atoms with E-state index in [1.54, 1.807) is 6.20 Å². The summed E-state index contributed by atoms with van der Waals surface area (Å²) in [7, 11) is 0. The average Bonchev–Trinajstić information content (AvgIpc) is 2.66. The molecule has 2 aromatic rings. The first-order chi connectivity index (χ1) is 7.75. The number of anilines is 1. The van der Waals surface area contributed by atoms with E-state index in [0.717, 1.165) is 0 Å². The van der Waals surface area contributed by atoms with Crippen LogP contribution >= 0.6 is 0 Å². The van der Waals surface area contributed by atoms with Crippen molar-refractivity contribution in [2.45, 2.75) is 13.5 Å². The molecule has 0 fully saturated rings. The van der Waals surface area contributed by atoms with Gasteiger partial charge in [-0.05, 0) is 5.56 Å². The predicted octanol–water partition coefficient (Wildman–Crippen LogP) is 1.89. The summed E-state index contributed by atoms with van der Waals surface area (Å²) < 4.78 is 1.90. The number of carbonyl (C=O) groups is 1. The van der Waals surface area contributed by atoms with Crippen molar-refractivity contribution in [2.24, 2.45) is 0 Å². The lowest BCUT2D eigenvalue weighted by molar-refractivity contribution is -0.114. The van der Waals surface area contributed by atoms with E-state index in [2.05, 4.69) is 10.3 Å². The van der Waals surface area contributed by atoms with Gasteiger partial charge in [0.15, 0.2) is 0 Å². The fourth-order valence-corrected chi connectivity index (χ4v) is 1.50. The summed E-state index contributed by atoms with van der Waals surface area (Å²) in [5.74, 6) is 0.469. The van der Waals surface area contributed by atoms with Gasteiger partial charge < -0.3 is 4.57 Å². The molecule has 0 aliphatic rings. The molecule has 0 atom stereocenters. The van der Waals surface area contributed by atoms with Gasteiger partial charge in [-0.3, -0.25) is 10.1 Å². The minimum absolute atomic E-state index is 0.111. The largest absolute Gasteiger partial charge is 0.313 e. The molecule has 0 saturated carbocycles. The smallest absolute Gasteiger partial charge is 0.223 e. The summed E-state index contributed by atoms with van der Waals surface area (Å²) in [5, 5.41) is 2.69. The fourth-order valence-electron chi connectivity index (χ4n) is 1.50. The van der Waals surface area contributed by atoms with Crippen LogP contribution in [0.1, 0.15) is 12.5 Å². The van der Waals surface area contributed by atoms with E-state index >= 15 is 0 Å². The Balaban J connectivity index is 2.16. The Morgan fingerprint density at radius 2 is 2.12 bits per heavy atom. The summed E-state index contributed by atoms with van der Waals surface area (Å²) in [6.07, 6.45) is 3.52. The minimum atomic E-state index is -0.111. The van der Waals surface area contributed by atoms with Crippen LogP contribution < -0.4 is 5.32 Å². The number of nitrogens with one attached hydrogen (secondary N) is 1. The van der Waals surface area contributed by atoms with Gasteiger partial charge in [0.1, 0.15) is 0 Å². The molecule has 0 unspecified atom stereocenters. The summed E-state index contributed by atoms with van der Waals surface area (Å²) in [6.45, 7) is 2.18. The Hall–Kier alpha value is -2.10. The molecular formula is C12H13N3O. The quantitative estimate of drug-likeness (QED) is 0.849. The van der Waals surface area contributed by atoms with Gasteiger partial charge in [-0.25, -0.2) is 4.98 Å². The molecule has 4 heteroatoms.